The summed E-state index contributed by atoms with van der Waals surface area (Å²) in [5.41, 5.74) is 0.865. The van der Waals surface area contributed by atoms with E-state index in [1.165, 1.54) is 13.1 Å². The first-order chi connectivity index (χ1) is 7.56. The highest BCUT2D eigenvalue weighted by molar-refractivity contribution is 9.09. The molecule has 4 nitrogen and oxygen atoms in total. The first-order valence-electron chi connectivity index (χ1n) is 4.95. The van der Waals surface area contributed by atoms with Gasteiger partial charge in [-0.15, -0.1) is 0 Å². The fourth-order valence-corrected chi connectivity index (χ4v) is 1.72. The van der Waals surface area contributed by atoms with Gasteiger partial charge in [-0.05, 0) is 25.5 Å². The second-order valence-corrected chi connectivity index (χ2v) is 4.31. The van der Waals surface area contributed by atoms with Crippen LogP contribution < -0.4 is 0 Å². The van der Waals surface area contributed by atoms with Crippen molar-refractivity contribution in [3.8, 4) is 0 Å². The van der Waals surface area contributed by atoms with E-state index >= 15 is 0 Å². The van der Waals surface area contributed by atoms with Crippen LogP contribution in [0.2, 0.25) is 0 Å². The molecule has 2 atom stereocenters. The number of alkyl halides is 1. The summed E-state index contributed by atoms with van der Waals surface area (Å²) in [4.78, 5) is 15.0. The van der Waals surface area contributed by atoms with Crippen molar-refractivity contribution in [3.63, 3.8) is 0 Å². The van der Waals surface area contributed by atoms with E-state index in [2.05, 4.69) is 20.9 Å². The largest absolute Gasteiger partial charge is 0.390 e. The lowest BCUT2D eigenvalue weighted by atomic mass is 10.1. The number of pyridine rings is 1. The van der Waals surface area contributed by atoms with E-state index < -0.39 is 12.2 Å². The van der Waals surface area contributed by atoms with E-state index in [-0.39, 0.29) is 5.78 Å². The Hall–Kier alpha value is -0.780. The number of rotatable bonds is 5. The lowest BCUT2D eigenvalue weighted by Crippen LogP contribution is -2.19. The number of Topliss-reactive ketones (excluding diaryl/α,β-unsaturated/α-hetero) is 1. The van der Waals surface area contributed by atoms with E-state index in [1.807, 2.05) is 0 Å². The summed E-state index contributed by atoms with van der Waals surface area (Å²) in [7, 11) is 0. The molecule has 1 aromatic rings. The number of halogens is 1. The quantitative estimate of drug-likeness (QED) is 0.635. The summed E-state index contributed by atoms with van der Waals surface area (Å²) in [5.74, 6) is -0.0745. The van der Waals surface area contributed by atoms with Gasteiger partial charge in [-0.2, -0.15) is 0 Å². The fourth-order valence-electron chi connectivity index (χ4n) is 1.26. The predicted molar refractivity (Wildman–Crippen MR) is 63.6 cm³/mol. The van der Waals surface area contributed by atoms with E-state index in [0.29, 0.717) is 23.0 Å². The van der Waals surface area contributed by atoms with Crippen LogP contribution in [0.3, 0.4) is 0 Å². The molecule has 5 heteroatoms. The van der Waals surface area contributed by atoms with Gasteiger partial charge in [0.1, 0.15) is 6.10 Å². The van der Waals surface area contributed by atoms with Crippen LogP contribution in [-0.4, -0.2) is 32.4 Å². The Balaban J connectivity index is 2.77. The molecule has 0 radical (unpaired) electrons. The van der Waals surface area contributed by atoms with Gasteiger partial charge in [0.15, 0.2) is 5.78 Å². The van der Waals surface area contributed by atoms with E-state index in [9.17, 15) is 15.0 Å². The monoisotopic (exact) mass is 287 g/mol. The first-order valence-corrected chi connectivity index (χ1v) is 6.07. The molecular formula is C11H14BrNO3. The molecule has 0 fully saturated rings. The maximum absolute atomic E-state index is 11.0. The topological polar surface area (TPSA) is 70.4 Å². The number of hydrogen-bond donors (Lipinski definition) is 2. The van der Waals surface area contributed by atoms with Crippen molar-refractivity contribution < 1.29 is 15.0 Å². The molecule has 2 unspecified atom stereocenters. The molecule has 2 N–H and O–H groups in total. The van der Waals surface area contributed by atoms with Gasteiger partial charge in [0.05, 0.1) is 11.8 Å². The zero-order chi connectivity index (χ0) is 12.1. The molecule has 1 heterocycles. The molecule has 1 aromatic heterocycles. The molecule has 0 aliphatic rings. The summed E-state index contributed by atoms with van der Waals surface area (Å²) >= 11 is 3.19. The number of nitrogens with zero attached hydrogens (tertiary/aromatic N) is 1. The average molecular weight is 288 g/mol. The van der Waals surface area contributed by atoms with Crippen molar-refractivity contribution in [2.45, 2.75) is 25.6 Å². The number of hydrogen-bond acceptors (Lipinski definition) is 4. The Bertz CT molecular complexity index is 353. The third kappa shape index (κ3) is 3.37. The molecule has 0 aliphatic carbocycles. The normalized spacial score (nSPS) is 14.5. The van der Waals surface area contributed by atoms with Crippen LogP contribution in [-0.2, 0) is 0 Å². The number of ketones is 1. The third-order valence-corrected chi connectivity index (χ3v) is 2.72. The number of carbonyl (C=O) groups excluding carboxylic acids is 1. The van der Waals surface area contributed by atoms with Crippen LogP contribution in [0, 0.1) is 0 Å². The van der Waals surface area contributed by atoms with Crippen molar-refractivity contribution in [2.24, 2.45) is 0 Å². The molecule has 88 valence electrons. The van der Waals surface area contributed by atoms with Gasteiger partial charge in [-0.3, -0.25) is 9.78 Å². The van der Waals surface area contributed by atoms with Crippen LogP contribution in [0.1, 0.15) is 35.5 Å². The van der Waals surface area contributed by atoms with Crippen LogP contribution in [0.5, 0.6) is 0 Å². The zero-order valence-electron chi connectivity index (χ0n) is 8.93. The van der Waals surface area contributed by atoms with E-state index in [1.54, 1.807) is 12.1 Å². The van der Waals surface area contributed by atoms with Crippen molar-refractivity contribution in [1.29, 1.82) is 0 Å². The minimum absolute atomic E-state index is 0.0745. The van der Waals surface area contributed by atoms with Gasteiger partial charge < -0.3 is 10.2 Å². The molecule has 0 aliphatic heterocycles. The molecule has 0 aromatic carbocycles. The van der Waals surface area contributed by atoms with Crippen LogP contribution in [0.15, 0.2) is 18.3 Å². The second kappa shape index (κ2) is 6.08. The molecular weight excluding hydrogens is 274 g/mol. The van der Waals surface area contributed by atoms with Gasteiger partial charge in [-0.1, -0.05) is 15.9 Å². The van der Waals surface area contributed by atoms with E-state index in [0.717, 1.165) is 0 Å². The second-order valence-electron chi connectivity index (χ2n) is 3.52. The van der Waals surface area contributed by atoms with Crippen LogP contribution >= 0.6 is 15.9 Å². The van der Waals surface area contributed by atoms with Crippen molar-refractivity contribution in [2.75, 3.05) is 5.33 Å². The van der Waals surface area contributed by atoms with Gasteiger partial charge in [0.2, 0.25) is 0 Å². The van der Waals surface area contributed by atoms with Crippen molar-refractivity contribution in [3.05, 3.63) is 29.6 Å². The minimum atomic E-state index is -1.02. The number of carbonyl (C=O) groups is 1. The summed E-state index contributed by atoms with van der Waals surface area (Å²) in [6.07, 6.45) is -0.0208. The molecule has 0 amide bonds. The average Bonchev–Trinajstić information content (AvgIpc) is 2.28. The molecule has 0 bridgehead atoms. The molecule has 16 heavy (non-hydrogen) atoms. The lowest BCUT2D eigenvalue weighted by Gasteiger charge is -2.16. The number of aromatic nitrogens is 1. The van der Waals surface area contributed by atoms with Gasteiger partial charge in [0, 0.05) is 17.1 Å². The van der Waals surface area contributed by atoms with Crippen molar-refractivity contribution in [1.82, 2.24) is 4.98 Å². The Morgan fingerprint density at radius 1 is 1.50 bits per heavy atom. The predicted octanol–water partition coefficient (Wildman–Crippen LogP) is 1.46. The maximum Gasteiger partial charge on any atom is 0.161 e. The highest BCUT2D eigenvalue weighted by Gasteiger charge is 2.18. The van der Waals surface area contributed by atoms with Gasteiger partial charge >= 0.3 is 0 Å². The van der Waals surface area contributed by atoms with Crippen LogP contribution in [0.4, 0.5) is 0 Å². The first kappa shape index (κ1) is 13.3. The Kier molecular flexibility index (Phi) is 5.05. The molecule has 0 saturated carbocycles. The summed E-state index contributed by atoms with van der Waals surface area (Å²) < 4.78 is 0. The zero-order valence-corrected chi connectivity index (χ0v) is 10.5. The van der Waals surface area contributed by atoms with E-state index in [4.69, 9.17) is 0 Å². The lowest BCUT2D eigenvalue weighted by molar-refractivity contribution is 0.0148. The summed E-state index contributed by atoms with van der Waals surface area (Å²) in [6.45, 7) is 1.45. The highest BCUT2D eigenvalue weighted by atomic mass is 79.9. The van der Waals surface area contributed by atoms with Crippen molar-refractivity contribution >= 4 is 21.7 Å². The summed E-state index contributed by atoms with van der Waals surface area (Å²) in [6, 6.07) is 3.15. The Morgan fingerprint density at radius 3 is 2.62 bits per heavy atom. The SMILES string of the molecule is CC(=O)c1ccc(C(O)C(O)CCBr)nc1. The fraction of sp³-hybridized carbons (Fsp3) is 0.455. The Labute approximate surface area is 102 Å². The highest BCUT2D eigenvalue weighted by Crippen LogP contribution is 2.17. The molecule has 1 rings (SSSR count). The standard InChI is InChI=1S/C11H14BrNO3/c1-7(14)8-2-3-9(13-6-8)11(16)10(15)4-5-12/h2-3,6,10-11,15-16H,4-5H2,1H3. The third-order valence-electron chi connectivity index (χ3n) is 2.27. The van der Waals surface area contributed by atoms with Gasteiger partial charge in [0.25, 0.3) is 0 Å². The Morgan fingerprint density at radius 2 is 2.19 bits per heavy atom. The molecule has 0 spiro atoms. The molecule has 0 saturated heterocycles. The summed E-state index contributed by atoms with van der Waals surface area (Å²) in [5, 5.41) is 19.9. The number of aliphatic hydroxyl groups excluding tert-OH is 2. The minimum Gasteiger partial charge on any atom is -0.390 e. The smallest absolute Gasteiger partial charge is 0.161 e. The van der Waals surface area contributed by atoms with Gasteiger partial charge in [-0.25, -0.2) is 0 Å². The maximum atomic E-state index is 11.0. The van der Waals surface area contributed by atoms with Crippen LogP contribution in [0.25, 0.3) is 0 Å². The number of aliphatic hydroxyl groups is 2.